The number of benzene rings is 2. The largest absolute Gasteiger partial charge is 0.488 e. The molecule has 0 bridgehead atoms. The van der Waals surface area contributed by atoms with Crippen molar-refractivity contribution < 1.29 is 4.74 Å². The van der Waals surface area contributed by atoms with Crippen LogP contribution in [0, 0.1) is 0 Å². The van der Waals surface area contributed by atoms with Gasteiger partial charge in [-0.25, -0.2) is 0 Å². The maximum Gasteiger partial charge on any atom is 0.129 e. The molecule has 0 heterocycles. The summed E-state index contributed by atoms with van der Waals surface area (Å²) >= 11 is 0. The molecule has 2 aromatic rings. The highest BCUT2D eigenvalue weighted by Gasteiger charge is 2.10. The molecule has 134 valence electrons. The fourth-order valence-electron chi connectivity index (χ4n) is 2.82. The molecule has 0 amide bonds. The maximum atomic E-state index is 6.12. The van der Waals surface area contributed by atoms with Gasteiger partial charge in [-0.2, -0.15) is 0 Å². The van der Waals surface area contributed by atoms with Crippen LogP contribution in [-0.2, 0) is 6.61 Å². The molecular weight excluding hydrogens is 306 g/mol. The van der Waals surface area contributed by atoms with Crippen molar-refractivity contribution in [2.75, 3.05) is 18.0 Å². The van der Waals surface area contributed by atoms with Crippen LogP contribution in [0.25, 0.3) is 6.08 Å². The zero-order valence-corrected chi connectivity index (χ0v) is 15.7. The van der Waals surface area contributed by atoms with E-state index in [-0.39, 0.29) is 0 Å². The van der Waals surface area contributed by atoms with E-state index in [0.29, 0.717) is 6.61 Å². The van der Waals surface area contributed by atoms with Gasteiger partial charge in [0.15, 0.2) is 0 Å². The van der Waals surface area contributed by atoms with Gasteiger partial charge in [0.05, 0.1) is 0 Å². The van der Waals surface area contributed by atoms with Crippen molar-refractivity contribution in [1.82, 2.24) is 0 Å². The number of rotatable bonds is 11. The second kappa shape index (κ2) is 10.6. The maximum absolute atomic E-state index is 6.12. The monoisotopic (exact) mass is 337 g/mol. The molecule has 2 aromatic carbocycles. The summed E-state index contributed by atoms with van der Waals surface area (Å²) in [6.07, 6.45) is 6.72. The lowest BCUT2D eigenvalue weighted by atomic mass is 10.1. The van der Waals surface area contributed by atoms with E-state index in [1.165, 1.54) is 36.9 Å². The molecule has 25 heavy (non-hydrogen) atoms. The molecular formula is C23H31NO. The zero-order valence-electron chi connectivity index (χ0n) is 15.7. The highest BCUT2D eigenvalue weighted by atomic mass is 16.5. The minimum atomic E-state index is 0.578. The Kier molecular flexibility index (Phi) is 8.11. The molecule has 0 N–H and O–H groups in total. The van der Waals surface area contributed by atoms with Crippen LogP contribution < -0.4 is 9.64 Å². The summed E-state index contributed by atoms with van der Waals surface area (Å²) < 4.78 is 6.12. The van der Waals surface area contributed by atoms with Gasteiger partial charge in [0, 0.05) is 30.4 Å². The van der Waals surface area contributed by atoms with Gasteiger partial charge in [-0.1, -0.05) is 69.7 Å². The van der Waals surface area contributed by atoms with Crippen LogP contribution in [0.5, 0.6) is 5.75 Å². The van der Waals surface area contributed by atoms with Gasteiger partial charge in [0.2, 0.25) is 0 Å². The third kappa shape index (κ3) is 5.97. The van der Waals surface area contributed by atoms with E-state index < -0.39 is 0 Å². The molecule has 0 fully saturated rings. The average molecular weight is 338 g/mol. The molecule has 0 radical (unpaired) electrons. The second-order valence-corrected chi connectivity index (χ2v) is 6.39. The number of ether oxygens (including phenoxy) is 1. The van der Waals surface area contributed by atoms with E-state index in [9.17, 15) is 0 Å². The molecule has 2 nitrogen and oxygen atoms in total. The highest BCUT2D eigenvalue weighted by molar-refractivity contribution is 5.62. The molecule has 0 saturated carbocycles. The van der Waals surface area contributed by atoms with E-state index in [4.69, 9.17) is 4.74 Å². The fourth-order valence-corrected chi connectivity index (χ4v) is 2.82. The molecule has 0 atom stereocenters. The smallest absolute Gasteiger partial charge is 0.129 e. The Morgan fingerprint density at radius 1 is 0.960 bits per heavy atom. The van der Waals surface area contributed by atoms with Gasteiger partial charge < -0.3 is 9.64 Å². The lowest BCUT2D eigenvalue weighted by Gasteiger charge is -2.25. The molecule has 0 spiro atoms. The van der Waals surface area contributed by atoms with Crippen LogP contribution in [0.4, 0.5) is 5.69 Å². The third-order valence-corrected chi connectivity index (χ3v) is 4.38. The quantitative estimate of drug-likeness (QED) is 0.476. The summed E-state index contributed by atoms with van der Waals surface area (Å²) in [6.45, 7) is 11.2. The van der Waals surface area contributed by atoms with E-state index in [1.807, 2.05) is 24.3 Å². The third-order valence-electron chi connectivity index (χ3n) is 4.38. The van der Waals surface area contributed by atoms with Crippen molar-refractivity contribution in [3.63, 3.8) is 0 Å². The van der Waals surface area contributed by atoms with Crippen LogP contribution >= 0.6 is 0 Å². The molecule has 0 aromatic heterocycles. The van der Waals surface area contributed by atoms with Gasteiger partial charge in [0.25, 0.3) is 0 Å². The Morgan fingerprint density at radius 2 is 1.64 bits per heavy atom. The van der Waals surface area contributed by atoms with Gasteiger partial charge in [-0.3, -0.25) is 0 Å². The van der Waals surface area contributed by atoms with Crippen molar-refractivity contribution in [3.8, 4) is 5.75 Å². The van der Waals surface area contributed by atoms with Gasteiger partial charge >= 0.3 is 0 Å². The van der Waals surface area contributed by atoms with Crippen molar-refractivity contribution >= 4 is 11.8 Å². The topological polar surface area (TPSA) is 12.5 Å². The van der Waals surface area contributed by atoms with Gasteiger partial charge in [0.1, 0.15) is 12.4 Å². The standard InChI is InChI=1S/C23H31NO/c1-4-7-16-24(17-8-5-2)22-15-14-21(6-3)23(18-22)25-19-20-12-10-9-11-13-20/h6,9-15,18H,3-5,7-8,16-17,19H2,1-2H3. The second-order valence-electron chi connectivity index (χ2n) is 6.39. The first kappa shape index (κ1) is 19.1. The number of nitrogens with zero attached hydrogens (tertiary/aromatic N) is 1. The minimum Gasteiger partial charge on any atom is -0.488 e. The fraction of sp³-hybridized carbons (Fsp3) is 0.391. The minimum absolute atomic E-state index is 0.578. The lowest BCUT2D eigenvalue weighted by Crippen LogP contribution is -2.25. The van der Waals surface area contributed by atoms with Crippen LogP contribution in [0.3, 0.4) is 0 Å². The van der Waals surface area contributed by atoms with E-state index >= 15 is 0 Å². The Morgan fingerprint density at radius 3 is 2.24 bits per heavy atom. The van der Waals surface area contributed by atoms with E-state index in [0.717, 1.165) is 24.4 Å². The number of hydrogen-bond donors (Lipinski definition) is 0. The molecule has 0 aliphatic carbocycles. The normalized spacial score (nSPS) is 10.5. The first-order valence-electron chi connectivity index (χ1n) is 9.46. The number of unbranched alkanes of at least 4 members (excludes halogenated alkanes) is 2. The van der Waals surface area contributed by atoms with Crippen LogP contribution in [0.15, 0.2) is 55.1 Å². The first-order valence-corrected chi connectivity index (χ1v) is 9.46. The number of anilines is 1. The predicted molar refractivity (Wildman–Crippen MR) is 109 cm³/mol. The summed E-state index contributed by atoms with van der Waals surface area (Å²) in [7, 11) is 0. The van der Waals surface area contributed by atoms with Crippen molar-refractivity contribution in [3.05, 3.63) is 66.2 Å². The van der Waals surface area contributed by atoms with Crippen molar-refractivity contribution in [2.45, 2.75) is 46.1 Å². The Labute approximate surface area is 153 Å². The summed E-state index contributed by atoms with van der Waals surface area (Å²) in [5.74, 6) is 0.911. The Balaban J connectivity index is 2.16. The van der Waals surface area contributed by atoms with Gasteiger partial charge in [-0.05, 0) is 30.5 Å². The van der Waals surface area contributed by atoms with E-state index in [1.54, 1.807) is 0 Å². The van der Waals surface area contributed by atoms with Crippen molar-refractivity contribution in [2.24, 2.45) is 0 Å². The molecule has 0 aliphatic heterocycles. The molecule has 0 unspecified atom stereocenters. The number of hydrogen-bond acceptors (Lipinski definition) is 2. The van der Waals surface area contributed by atoms with Crippen LogP contribution in [-0.4, -0.2) is 13.1 Å². The zero-order chi connectivity index (χ0) is 17.9. The summed E-state index contributed by atoms with van der Waals surface area (Å²) in [5, 5.41) is 0. The van der Waals surface area contributed by atoms with Crippen LogP contribution in [0.1, 0.15) is 50.7 Å². The highest BCUT2D eigenvalue weighted by Crippen LogP contribution is 2.28. The predicted octanol–water partition coefficient (Wildman–Crippen LogP) is 6.32. The Bertz CT molecular complexity index is 628. The van der Waals surface area contributed by atoms with Gasteiger partial charge in [-0.15, -0.1) is 0 Å². The van der Waals surface area contributed by atoms with Crippen molar-refractivity contribution in [1.29, 1.82) is 0 Å². The molecule has 2 heteroatoms. The molecule has 0 aliphatic rings. The first-order chi connectivity index (χ1) is 12.3. The lowest BCUT2D eigenvalue weighted by molar-refractivity contribution is 0.305. The van der Waals surface area contributed by atoms with E-state index in [2.05, 4.69) is 55.7 Å². The summed E-state index contributed by atoms with van der Waals surface area (Å²) in [5.41, 5.74) is 3.47. The van der Waals surface area contributed by atoms with Crippen LogP contribution in [0.2, 0.25) is 0 Å². The summed E-state index contributed by atoms with van der Waals surface area (Å²) in [6, 6.07) is 16.8. The Hall–Kier alpha value is -2.22. The average Bonchev–Trinajstić information content (AvgIpc) is 2.67. The summed E-state index contributed by atoms with van der Waals surface area (Å²) in [4.78, 5) is 2.48. The molecule has 2 rings (SSSR count). The molecule has 0 saturated heterocycles. The SMILES string of the molecule is C=Cc1ccc(N(CCCC)CCCC)cc1OCc1ccccc1.